The number of aryl methyl sites for hydroxylation is 1. The predicted molar refractivity (Wildman–Crippen MR) is 180 cm³/mol. The molecule has 4 aromatic rings. The number of alkyl halides is 6. The molecule has 0 aliphatic rings. The SMILES string of the molecule is CC(=O)NNC(=O)[C@@H](CCCn1ccc2cc(-c3ncc(C(F)(F)F)cn3)c(F)cc2c1=O)Nc1cnn(COCC[Si](C)(C)C)c(=O)c1C(F)(F)F. The van der Waals surface area contributed by atoms with Crippen molar-refractivity contribution < 1.29 is 45.1 Å². The molecule has 3 aromatic heterocycles. The third-order valence-electron chi connectivity index (χ3n) is 7.72. The van der Waals surface area contributed by atoms with Crippen LogP contribution in [0.25, 0.3) is 22.2 Å². The molecule has 0 aliphatic carbocycles. The maximum Gasteiger partial charge on any atom is 0.423 e. The van der Waals surface area contributed by atoms with E-state index in [2.05, 4.69) is 45.5 Å². The van der Waals surface area contributed by atoms with E-state index in [4.69, 9.17) is 4.74 Å². The van der Waals surface area contributed by atoms with Crippen molar-refractivity contribution in [2.75, 3.05) is 11.9 Å². The molecule has 1 atom stereocenters. The largest absolute Gasteiger partial charge is 0.423 e. The van der Waals surface area contributed by atoms with Crippen molar-refractivity contribution in [2.24, 2.45) is 0 Å². The van der Waals surface area contributed by atoms with E-state index in [0.717, 1.165) is 23.8 Å². The van der Waals surface area contributed by atoms with Crippen molar-refractivity contribution in [1.29, 1.82) is 0 Å². The summed E-state index contributed by atoms with van der Waals surface area (Å²) >= 11 is 0. The zero-order chi connectivity index (χ0) is 39.3. The highest BCUT2D eigenvalue weighted by Gasteiger charge is 2.39. The summed E-state index contributed by atoms with van der Waals surface area (Å²) in [6.07, 6.45) is -7.08. The monoisotopic (exact) mass is 772 g/mol. The van der Waals surface area contributed by atoms with E-state index in [1.807, 2.05) is 5.43 Å². The predicted octanol–water partition coefficient (Wildman–Crippen LogP) is 4.93. The Morgan fingerprint density at radius 1 is 0.962 bits per heavy atom. The standard InChI is InChI=1S/C32H35F7N8O5Si/c1-18(48)44-45-28(49)24(43-25-16-42-47(17-52-10-11-53(2,3)4)30(51)26(25)32(37,38)39)6-5-8-46-9-7-19-12-22(23(33)13-21(19)29(46)50)27-40-14-20(15-41-27)31(34,35)36/h7,9,12-16,24,43H,5-6,8,10-11,17H2,1-4H3,(H,44,48)(H,45,49)/t24-/m1/s1. The second-order valence-corrected chi connectivity index (χ2v) is 18.7. The zero-order valence-electron chi connectivity index (χ0n) is 28.8. The van der Waals surface area contributed by atoms with Crippen LogP contribution in [-0.4, -0.2) is 56.9 Å². The second kappa shape index (κ2) is 16.2. The Morgan fingerprint density at radius 2 is 1.64 bits per heavy atom. The molecule has 4 rings (SSSR count). The topological polar surface area (TPSA) is 162 Å². The molecule has 3 N–H and O–H groups in total. The van der Waals surface area contributed by atoms with Crippen LogP contribution in [0.1, 0.15) is 30.9 Å². The van der Waals surface area contributed by atoms with Gasteiger partial charge in [-0.15, -0.1) is 0 Å². The van der Waals surface area contributed by atoms with E-state index >= 15 is 4.39 Å². The van der Waals surface area contributed by atoms with E-state index in [-0.39, 0.29) is 48.2 Å². The minimum atomic E-state index is -5.17. The summed E-state index contributed by atoms with van der Waals surface area (Å²) in [6.45, 7) is 6.86. The molecule has 3 heterocycles. The molecule has 0 radical (unpaired) electrons. The first-order valence-corrected chi connectivity index (χ1v) is 19.7. The number of rotatable bonds is 13. The molecule has 0 bridgehead atoms. The molecular weight excluding hydrogens is 737 g/mol. The van der Waals surface area contributed by atoms with E-state index in [9.17, 15) is 45.5 Å². The molecule has 53 heavy (non-hydrogen) atoms. The van der Waals surface area contributed by atoms with Gasteiger partial charge in [-0.2, -0.15) is 31.4 Å². The van der Waals surface area contributed by atoms with Crippen molar-refractivity contribution in [2.45, 2.75) is 77.1 Å². The average Bonchev–Trinajstić information content (AvgIpc) is 3.05. The van der Waals surface area contributed by atoms with Crippen LogP contribution < -0.4 is 27.3 Å². The molecule has 1 aromatic carbocycles. The van der Waals surface area contributed by atoms with Gasteiger partial charge in [0.2, 0.25) is 5.91 Å². The van der Waals surface area contributed by atoms with Gasteiger partial charge in [0.25, 0.3) is 17.0 Å². The fourth-order valence-corrected chi connectivity index (χ4v) is 5.68. The minimum absolute atomic E-state index is 0.0344. The third-order valence-corrected chi connectivity index (χ3v) is 9.43. The number of nitrogens with one attached hydrogen (secondary N) is 3. The molecule has 0 aliphatic heterocycles. The van der Waals surface area contributed by atoms with Gasteiger partial charge in [0.05, 0.1) is 28.4 Å². The fraction of sp³-hybridized carbons (Fsp3) is 0.406. The number of hydrogen-bond donors (Lipinski definition) is 3. The van der Waals surface area contributed by atoms with Gasteiger partial charge < -0.3 is 14.6 Å². The maximum absolute atomic E-state index is 15.1. The molecular formula is C32H35F7N8O5Si. The van der Waals surface area contributed by atoms with Crippen LogP contribution in [0.4, 0.5) is 36.4 Å². The minimum Gasteiger partial charge on any atom is -0.372 e. The number of carbonyl (C=O) groups excluding carboxylic acids is 2. The summed E-state index contributed by atoms with van der Waals surface area (Å²) in [5, 5.41) is 6.29. The van der Waals surface area contributed by atoms with Gasteiger partial charge in [-0.05, 0) is 42.5 Å². The van der Waals surface area contributed by atoms with Gasteiger partial charge in [0.1, 0.15) is 24.2 Å². The van der Waals surface area contributed by atoms with Crippen molar-refractivity contribution >= 4 is 36.3 Å². The Hall–Kier alpha value is -5.18. The van der Waals surface area contributed by atoms with Gasteiger partial charge >= 0.3 is 12.4 Å². The summed E-state index contributed by atoms with van der Waals surface area (Å²) in [5.41, 5.74) is -1.91. The van der Waals surface area contributed by atoms with Gasteiger partial charge in [-0.3, -0.25) is 30.0 Å². The molecule has 13 nitrogen and oxygen atoms in total. The lowest BCUT2D eigenvalue weighted by molar-refractivity contribution is -0.139. The molecule has 0 fully saturated rings. The lowest BCUT2D eigenvalue weighted by Gasteiger charge is -2.22. The lowest BCUT2D eigenvalue weighted by atomic mass is 10.1. The van der Waals surface area contributed by atoms with Gasteiger partial charge in [0, 0.05) is 46.7 Å². The molecule has 286 valence electrons. The fourth-order valence-electron chi connectivity index (χ4n) is 4.92. The van der Waals surface area contributed by atoms with E-state index in [1.165, 1.54) is 18.3 Å². The zero-order valence-corrected chi connectivity index (χ0v) is 29.8. The van der Waals surface area contributed by atoms with Crippen LogP contribution in [0.2, 0.25) is 25.7 Å². The first kappa shape index (κ1) is 40.6. The molecule has 21 heteroatoms. The van der Waals surface area contributed by atoms with E-state index in [1.54, 1.807) is 0 Å². The first-order chi connectivity index (χ1) is 24.7. The van der Waals surface area contributed by atoms with Crippen LogP contribution >= 0.6 is 0 Å². The number of ether oxygens (including phenoxy) is 1. The van der Waals surface area contributed by atoms with Gasteiger partial charge in [-0.25, -0.2) is 19.0 Å². The lowest BCUT2D eigenvalue weighted by Crippen LogP contribution is -2.48. The number of hydrazine groups is 1. The Labute approximate surface area is 297 Å². The molecule has 2 amide bonds. The highest BCUT2D eigenvalue weighted by atomic mass is 28.3. The van der Waals surface area contributed by atoms with Crippen molar-refractivity contribution in [3.8, 4) is 11.4 Å². The summed E-state index contributed by atoms with van der Waals surface area (Å²) in [6, 6.07) is 2.70. The Balaban J connectivity index is 1.55. The van der Waals surface area contributed by atoms with Crippen molar-refractivity contribution in [1.82, 2.24) is 35.2 Å². The van der Waals surface area contributed by atoms with Gasteiger partial charge in [0.15, 0.2) is 5.82 Å². The third kappa shape index (κ3) is 10.7. The van der Waals surface area contributed by atoms with E-state index < -0.39 is 78.8 Å². The molecule has 0 spiro atoms. The highest BCUT2D eigenvalue weighted by Crippen LogP contribution is 2.33. The maximum atomic E-state index is 15.1. The molecule has 0 saturated heterocycles. The second-order valence-electron chi connectivity index (χ2n) is 13.1. The average molecular weight is 773 g/mol. The number of carbonyl (C=O) groups is 2. The molecule has 0 unspecified atom stereocenters. The Bertz CT molecular complexity index is 2080. The summed E-state index contributed by atoms with van der Waals surface area (Å²) < 4.78 is 103. The van der Waals surface area contributed by atoms with Crippen molar-refractivity contribution in [3.05, 3.63) is 80.6 Å². The Morgan fingerprint density at radius 3 is 2.25 bits per heavy atom. The number of fused-ring (bicyclic) bond motifs is 1. The summed E-state index contributed by atoms with van der Waals surface area (Å²) in [4.78, 5) is 57.7. The van der Waals surface area contributed by atoms with Crippen LogP contribution in [0, 0.1) is 5.82 Å². The number of nitrogens with zero attached hydrogens (tertiary/aromatic N) is 5. The highest BCUT2D eigenvalue weighted by molar-refractivity contribution is 6.76. The van der Waals surface area contributed by atoms with E-state index in [0.29, 0.717) is 23.1 Å². The number of anilines is 1. The molecule has 0 saturated carbocycles. The number of amides is 2. The van der Waals surface area contributed by atoms with Crippen molar-refractivity contribution in [3.63, 3.8) is 0 Å². The normalized spacial score (nSPS) is 12.8. The smallest absolute Gasteiger partial charge is 0.372 e. The number of halogens is 7. The number of aromatic nitrogens is 5. The van der Waals surface area contributed by atoms with Crippen LogP contribution in [0.3, 0.4) is 0 Å². The van der Waals surface area contributed by atoms with Gasteiger partial charge in [-0.1, -0.05) is 19.6 Å². The van der Waals surface area contributed by atoms with Crippen LogP contribution in [-0.2, 0) is 40.0 Å². The van der Waals surface area contributed by atoms with Crippen LogP contribution in [0.15, 0.2) is 52.6 Å². The van der Waals surface area contributed by atoms with Crippen LogP contribution in [0.5, 0.6) is 0 Å². The summed E-state index contributed by atoms with van der Waals surface area (Å²) in [5.74, 6) is -2.99. The number of benzene rings is 1. The quantitative estimate of drug-likeness (QED) is 0.0741. The first-order valence-electron chi connectivity index (χ1n) is 16.0. The number of hydrogen-bond acceptors (Lipinski definition) is 9. The number of pyridine rings is 1. The Kier molecular flexibility index (Phi) is 12.4. The summed E-state index contributed by atoms with van der Waals surface area (Å²) in [7, 11) is -1.52.